The van der Waals surface area contributed by atoms with Gasteiger partial charge in [-0.15, -0.1) is 0 Å². The number of carbonyl (C=O) groups is 1. The van der Waals surface area contributed by atoms with Crippen LogP contribution < -0.4 is 5.32 Å². The van der Waals surface area contributed by atoms with Gasteiger partial charge in [-0.25, -0.2) is 8.78 Å². The Balaban J connectivity index is 2.27. The van der Waals surface area contributed by atoms with Crippen LogP contribution in [0.15, 0.2) is 18.2 Å². The molecule has 5 heteroatoms. The molecule has 0 spiro atoms. The van der Waals surface area contributed by atoms with Crippen LogP contribution in [0.25, 0.3) is 0 Å². The highest BCUT2D eigenvalue weighted by molar-refractivity contribution is 5.94. The molecule has 0 radical (unpaired) electrons. The molecule has 1 aliphatic heterocycles. The van der Waals surface area contributed by atoms with Crippen LogP contribution in [-0.4, -0.2) is 36.5 Å². The Morgan fingerprint density at radius 1 is 1.47 bits per heavy atom. The van der Waals surface area contributed by atoms with Gasteiger partial charge in [-0.1, -0.05) is 6.07 Å². The average molecular weight is 240 g/mol. The molecule has 17 heavy (non-hydrogen) atoms. The fourth-order valence-corrected chi connectivity index (χ4v) is 1.97. The second-order valence-corrected chi connectivity index (χ2v) is 4.15. The lowest BCUT2D eigenvalue weighted by molar-refractivity contribution is 0.0650. The molecule has 1 fully saturated rings. The highest BCUT2D eigenvalue weighted by Gasteiger charge is 2.26. The summed E-state index contributed by atoms with van der Waals surface area (Å²) < 4.78 is 26.5. The molecule has 1 saturated heterocycles. The van der Waals surface area contributed by atoms with Crippen molar-refractivity contribution in [2.24, 2.45) is 0 Å². The molecule has 0 unspecified atom stereocenters. The summed E-state index contributed by atoms with van der Waals surface area (Å²) in [7, 11) is 0. The number of hydrogen-bond acceptors (Lipinski definition) is 2. The molecule has 0 aliphatic carbocycles. The summed E-state index contributed by atoms with van der Waals surface area (Å²) >= 11 is 0. The predicted octanol–water partition coefficient (Wildman–Crippen LogP) is 1.40. The fourth-order valence-electron chi connectivity index (χ4n) is 1.97. The molecule has 0 saturated carbocycles. The second kappa shape index (κ2) is 4.79. The van der Waals surface area contributed by atoms with E-state index in [0.29, 0.717) is 19.6 Å². The monoisotopic (exact) mass is 240 g/mol. The minimum atomic E-state index is -1.07. The van der Waals surface area contributed by atoms with E-state index in [9.17, 15) is 13.6 Å². The van der Waals surface area contributed by atoms with E-state index in [-0.39, 0.29) is 11.6 Å². The Labute approximate surface area is 98.4 Å². The molecule has 1 amide bonds. The zero-order valence-corrected chi connectivity index (χ0v) is 9.54. The summed E-state index contributed by atoms with van der Waals surface area (Å²) in [6.45, 7) is 3.73. The Kier molecular flexibility index (Phi) is 3.38. The zero-order chi connectivity index (χ0) is 12.4. The van der Waals surface area contributed by atoms with E-state index in [1.54, 1.807) is 4.90 Å². The Hall–Kier alpha value is -1.49. The first-order valence-corrected chi connectivity index (χ1v) is 5.57. The van der Waals surface area contributed by atoms with E-state index in [2.05, 4.69) is 5.32 Å². The number of halogens is 2. The Bertz CT molecular complexity index is 437. The molecule has 1 heterocycles. The number of hydrogen-bond donors (Lipinski definition) is 1. The van der Waals surface area contributed by atoms with Gasteiger partial charge in [-0.2, -0.15) is 0 Å². The Morgan fingerprint density at radius 3 is 2.94 bits per heavy atom. The van der Waals surface area contributed by atoms with Gasteiger partial charge in [-0.3, -0.25) is 4.79 Å². The van der Waals surface area contributed by atoms with E-state index >= 15 is 0 Å². The second-order valence-electron chi connectivity index (χ2n) is 4.15. The fraction of sp³-hybridized carbons (Fsp3) is 0.417. The molecule has 1 aromatic carbocycles. The van der Waals surface area contributed by atoms with Gasteiger partial charge in [0.2, 0.25) is 0 Å². The normalized spacial score (nSPS) is 20.4. The maximum Gasteiger partial charge on any atom is 0.257 e. The lowest BCUT2D eigenvalue weighted by Crippen LogP contribution is -2.52. The van der Waals surface area contributed by atoms with Gasteiger partial charge < -0.3 is 10.2 Å². The van der Waals surface area contributed by atoms with Crippen LogP contribution in [0.4, 0.5) is 8.78 Å². The van der Waals surface area contributed by atoms with Crippen molar-refractivity contribution in [3.8, 4) is 0 Å². The Morgan fingerprint density at radius 2 is 2.24 bits per heavy atom. The van der Waals surface area contributed by atoms with Crippen molar-refractivity contribution in [1.29, 1.82) is 0 Å². The van der Waals surface area contributed by atoms with E-state index in [1.165, 1.54) is 12.1 Å². The summed E-state index contributed by atoms with van der Waals surface area (Å²) in [5, 5.41) is 3.14. The first kappa shape index (κ1) is 12.0. The smallest absolute Gasteiger partial charge is 0.257 e. The number of benzene rings is 1. The quantitative estimate of drug-likeness (QED) is 0.804. The number of amides is 1. The molecule has 0 bridgehead atoms. The standard InChI is InChI=1S/C12H14F2N2O/c1-8-7-15-5-6-16(8)12(17)9-3-2-4-10(13)11(9)14/h2-4,8,15H,5-7H2,1H3/t8-/m0/s1. The van der Waals surface area contributed by atoms with E-state index in [1.807, 2.05) is 6.92 Å². The summed E-state index contributed by atoms with van der Waals surface area (Å²) in [5.41, 5.74) is -0.196. The van der Waals surface area contributed by atoms with Crippen LogP contribution in [0, 0.1) is 11.6 Å². The topological polar surface area (TPSA) is 32.3 Å². The van der Waals surface area contributed by atoms with Gasteiger partial charge in [0, 0.05) is 25.7 Å². The molecule has 1 atom stereocenters. The van der Waals surface area contributed by atoms with Gasteiger partial charge in [-0.05, 0) is 19.1 Å². The van der Waals surface area contributed by atoms with Crippen LogP contribution in [0.5, 0.6) is 0 Å². The number of rotatable bonds is 1. The molecule has 3 nitrogen and oxygen atoms in total. The highest BCUT2D eigenvalue weighted by Crippen LogP contribution is 2.16. The van der Waals surface area contributed by atoms with Crippen molar-refractivity contribution in [2.75, 3.05) is 19.6 Å². The average Bonchev–Trinajstić information content (AvgIpc) is 2.32. The minimum absolute atomic E-state index is 0.0149. The van der Waals surface area contributed by atoms with E-state index in [4.69, 9.17) is 0 Å². The van der Waals surface area contributed by atoms with Crippen LogP contribution >= 0.6 is 0 Å². The third-order valence-electron chi connectivity index (χ3n) is 2.94. The molecule has 92 valence electrons. The van der Waals surface area contributed by atoms with Crippen molar-refractivity contribution in [3.63, 3.8) is 0 Å². The summed E-state index contributed by atoms with van der Waals surface area (Å²) in [4.78, 5) is 13.6. The van der Waals surface area contributed by atoms with Crippen LogP contribution in [0.3, 0.4) is 0 Å². The first-order valence-electron chi connectivity index (χ1n) is 5.57. The van der Waals surface area contributed by atoms with Gasteiger partial charge in [0.1, 0.15) is 0 Å². The molecular weight excluding hydrogens is 226 g/mol. The highest BCUT2D eigenvalue weighted by atomic mass is 19.2. The summed E-state index contributed by atoms with van der Waals surface area (Å²) in [6, 6.07) is 3.65. The third-order valence-corrected chi connectivity index (χ3v) is 2.94. The maximum absolute atomic E-state index is 13.5. The third kappa shape index (κ3) is 2.29. The van der Waals surface area contributed by atoms with E-state index in [0.717, 1.165) is 6.07 Å². The zero-order valence-electron chi connectivity index (χ0n) is 9.54. The molecule has 2 rings (SSSR count). The van der Waals surface area contributed by atoms with Crippen LogP contribution in [-0.2, 0) is 0 Å². The molecule has 0 aromatic heterocycles. The lowest BCUT2D eigenvalue weighted by atomic mass is 10.1. The number of carbonyl (C=O) groups excluding carboxylic acids is 1. The number of nitrogens with zero attached hydrogens (tertiary/aromatic N) is 1. The molecule has 1 aliphatic rings. The summed E-state index contributed by atoms with van der Waals surface area (Å²) in [5.74, 6) is -2.50. The predicted molar refractivity (Wildman–Crippen MR) is 59.7 cm³/mol. The van der Waals surface area contributed by atoms with Crippen molar-refractivity contribution >= 4 is 5.91 Å². The molecule has 1 aromatic rings. The van der Waals surface area contributed by atoms with Crippen LogP contribution in [0.2, 0.25) is 0 Å². The van der Waals surface area contributed by atoms with Gasteiger partial charge in [0.25, 0.3) is 5.91 Å². The van der Waals surface area contributed by atoms with E-state index < -0.39 is 17.5 Å². The van der Waals surface area contributed by atoms with Crippen molar-refractivity contribution in [2.45, 2.75) is 13.0 Å². The lowest BCUT2D eigenvalue weighted by Gasteiger charge is -2.34. The molecular formula is C12H14F2N2O. The summed E-state index contributed by atoms with van der Waals surface area (Å²) in [6.07, 6.45) is 0. The number of nitrogens with one attached hydrogen (secondary N) is 1. The number of piperazine rings is 1. The van der Waals surface area contributed by atoms with Crippen molar-refractivity contribution in [3.05, 3.63) is 35.4 Å². The first-order chi connectivity index (χ1) is 8.11. The maximum atomic E-state index is 13.5. The minimum Gasteiger partial charge on any atom is -0.333 e. The largest absolute Gasteiger partial charge is 0.333 e. The SMILES string of the molecule is C[C@H]1CNCCN1C(=O)c1cccc(F)c1F. The molecule has 1 N–H and O–H groups in total. The van der Waals surface area contributed by atoms with Crippen molar-refractivity contribution < 1.29 is 13.6 Å². The van der Waals surface area contributed by atoms with Gasteiger partial charge in [0.15, 0.2) is 11.6 Å². The van der Waals surface area contributed by atoms with Gasteiger partial charge in [0.05, 0.1) is 5.56 Å². The van der Waals surface area contributed by atoms with Crippen LogP contribution in [0.1, 0.15) is 17.3 Å². The van der Waals surface area contributed by atoms with Crippen molar-refractivity contribution in [1.82, 2.24) is 10.2 Å². The van der Waals surface area contributed by atoms with Gasteiger partial charge >= 0.3 is 0 Å².